The van der Waals surface area contributed by atoms with Gasteiger partial charge >= 0.3 is 0 Å². The molecule has 1 saturated heterocycles. The standard InChI is InChI=1S/C23H28ClFN6O/c1-23(2,3)8-19(32)31-6-4-5-14(13-31)9-26-22-18(25)12-29-21(30-22)17-11-28-20-16(17)7-15(24)10-27-20/h7,10-12,14H,4-6,8-9,13H2,1-3H3,(H,27,28)(H,26,29,30). The molecule has 4 rings (SSSR count). The zero-order valence-electron chi connectivity index (χ0n) is 18.6. The van der Waals surface area contributed by atoms with Gasteiger partial charge in [-0.2, -0.15) is 0 Å². The molecule has 1 aliphatic rings. The van der Waals surface area contributed by atoms with E-state index < -0.39 is 5.82 Å². The lowest BCUT2D eigenvalue weighted by Crippen LogP contribution is -2.43. The molecule has 4 heterocycles. The molecule has 0 saturated carbocycles. The number of aromatic nitrogens is 4. The van der Waals surface area contributed by atoms with E-state index in [2.05, 4.69) is 46.0 Å². The summed E-state index contributed by atoms with van der Waals surface area (Å²) in [4.78, 5) is 30.4. The van der Waals surface area contributed by atoms with Gasteiger partial charge in [0.2, 0.25) is 5.91 Å². The van der Waals surface area contributed by atoms with Crippen LogP contribution in [0.25, 0.3) is 22.4 Å². The van der Waals surface area contributed by atoms with Gasteiger partial charge in [0.1, 0.15) is 5.65 Å². The molecule has 9 heteroatoms. The minimum Gasteiger partial charge on any atom is -0.367 e. The van der Waals surface area contributed by atoms with Gasteiger partial charge in [0, 0.05) is 49.4 Å². The maximum absolute atomic E-state index is 14.4. The van der Waals surface area contributed by atoms with Crippen molar-refractivity contribution in [1.82, 2.24) is 24.8 Å². The molecule has 0 bridgehead atoms. The first kappa shape index (κ1) is 22.5. The Labute approximate surface area is 191 Å². The van der Waals surface area contributed by atoms with Crippen LogP contribution in [0.5, 0.6) is 0 Å². The molecular weight excluding hydrogens is 431 g/mol. The summed E-state index contributed by atoms with van der Waals surface area (Å²) in [5.74, 6) is 0.444. The summed E-state index contributed by atoms with van der Waals surface area (Å²) in [5.41, 5.74) is 1.33. The number of hydrogen-bond donors (Lipinski definition) is 2. The number of amides is 1. The lowest BCUT2D eigenvalue weighted by Gasteiger charge is -2.34. The molecule has 1 fully saturated rings. The predicted molar refractivity (Wildman–Crippen MR) is 124 cm³/mol. The normalized spacial score (nSPS) is 17.0. The zero-order chi connectivity index (χ0) is 22.9. The van der Waals surface area contributed by atoms with E-state index in [1.54, 1.807) is 18.5 Å². The van der Waals surface area contributed by atoms with Crippen molar-refractivity contribution < 1.29 is 9.18 Å². The number of carbonyl (C=O) groups excluding carboxylic acids is 1. The van der Waals surface area contributed by atoms with Crippen LogP contribution in [0, 0.1) is 17.2 Å². The number of rotatable bonds is 5. The lowest BCUT2D eigenvalue weighted by molar-refractivity contribution is -0.134. The van der Waals surface area contributed by atoms with Gasteiger partial charge < -0.3 is 15.2 Å². The first-order chi connectivity index (χ1) is 15.2. The predicted octanol–water partition coefficient (Wildman–Crippen LogP) is 4.90. The maximum Gasteiger partial charge on any atom is 0.223 e. The van der Waals surface area contributed by atoms with Gasteiger partial charge in [-0.05, 0) is 30.2 Å². The number of nitrogens with one attached hydrogen (secondary N) is 2. The number of aromatic amines is 1. The molecule has 0 spiro atoms. The Morgan fingerprint density at radius 3 is 2.94 bits per heavy atom. The van der Waals surface area contributed by atoms with Crippen LogP contribution in [0.3, 0.4) is 0 Å². The highest BCUT2D eigenvalue weighted by Crippen LogP contribution is 2.28. The van der Waals surface area contributed by atoms with Crippen molar-refractivity contribution in [1.29, 1.82) is 0 Å². The van der Waals surface area contributed by atoms with Gasteiger partial charge in [0.25, 0.3) is 0 Å². The van der Waals surface area contributed by atoms with Crippen LogP contribution < -0.4 is 5.32 Å². The van der Waals surface area contributed by atoms with Crippen LogP contribution in [0.15, 0.2) is 24.7 Å². The van der Waals surface area contributed by atoms with Gasteiger partial charge in [0.05, 0.1) is 11.2 Å². The fraction of sp³-hybridized carbons (Fsp3) is 0.478. The Morgan fingerprint density at radius 2 is 2.16 bits per heavy atom. The Bertz CT molecular complexity index is 1130. The molecule has 3 aromatic rings. The number of hydrogen-bond acceptors (Lipinski definition) is 5. The van der Waals surface area contributed by atoms with Crippen molar-refractivity contribution in [2.75, 3.05) is 25.0 Å². The fourth-order valence-electron chi connectivity index (χ4n) is 4.05. The number of piperidine rings is 1. The second-order valence-corrected chi connectivity index (χ2v) is 10.0. The Kier molecular flexibility index (Phi) is 6.33. The van der Waals surface area contributed by atoms with E-state index in [1.807, 2.05) is 4.90 Å². The Morgan fingerprint density at radius 1 is 1.34 bits per heavy atom. The van der Waals surface area contributed by atoms with E-state index in [0.29, 0.717) is 41.6 Å². The molecule has 7 nitrogen and oxygen atoms in total. The number of anilines is 1. The molecule has 0 aliphatic carbocycles. The number of fused-ring (bicyclic) bond motifs is 1. The molecule has 2 N–H and O–H groups in total. The molecule has 170 valence electrons. The lowest BCUT2D eigenvalue weighted by atomic mass is 9.90. The molecule has 1 unspecified atom stereocenters. The third-order valence-electron chi connectivity index (χ3n) is 5.59. The molecule has 1 atom stereocenters. The SMILES string of the molecule is CC(C)(C)CC(=O)N1CCCC(CNc2nc(-c3c[nH]c4ncc(Cl)cc34)ncc2F)C1. The molecule has 32 heavy (non-hydrogen) atoms. The number of nitrogens with zero attached hydrogens (tertiary/aromatic N) is 4. The van der Waals surface area contributed by atoms with Crippen LogP contribution >= 0.6 is 11.6 Å². The van der Waals surface area contributed by atoms with Crippen molar-refractivity contribution in [3.8, 4) is 11.4 Å². The number of carbonyl (C=O) groups is 1. The molecule has 1 aliphatic heterocycles. The van der Waals surface area contributed by atoms with E-state index in [9.17, 15) is 9.18 Å². The topological polar surface area (TPSA) is 86.8 Å². The summed E-state index contributed by atoms with van der Waals surface area (Å²) in [7, 11) is 0. The van der Waals surface area contributed by atoms with Gasteiger partial charge in [-0.1, -0.05) is 32.4 Å². The average molecular weight is 459 g/mol. The number of H-pyrrole nitrogens is 1. The second-order valence-electron chi connectivity index (χ2n) is 9.61. The van der Waals surface area contributed by atoms with Gasteiger partial charge in [0.15, 0.2) is 17.5 Å². The first-order valence-corrected chi connectivity index (χ1v) is 11.2. The average Bonchev–Trinajstić information content (AvgIpc) is 3.15. The summed E-state index contributed by atoms with van der Waals surface area (Å²) < 4.78 is 14.4. The molecule has 3 aromatic heterocycles. The Balaban J connectivity index is 1.46. The van der Waals surface area contributed by atoms with E-state index in [0.717, 1.165) is 24.8 Å². The molecule has 0 aromatic carbocycles. The third-order valence-corrected chi connectivity index (χ3v) is 5.80. The number of pyridine rings is 1. The molecule has 0 radical (unpaired) electrons. The van der Waals surface area contributed by atoms with Crippen LogP contribution in [0.1, 0.15) is 40.0 Å². The van der Waals surface area contributed by atoms with Gasteiger partial charge in [-0.25, -0.2) is 19.3 Å². The van der Waals surface area contributed by atoms with E-state index in [1.165, 1.54) is 6.20 Å². The second kappa shape index (κ2) is 9.02. The number of likely N-dealkylation sites (tertiary alicyclic amines) is 1. The minimum absolute atomic E-state index is 0.0368. The van der Waals surface area contributed by atoms with Crippen LogP contribution in [0.4, 0.5) is 10.2 Å². The van der Waals surface area contributed by atoms with Crippen LogP contribution in [-0.4, -0.2) is 50.4 Å². The maximum atomic E-state index is 14.4. The minimum atomic E-state index is -0.513. The summed E-state index contributed by atoms with van der Waals surface area (Å²) in [6, 6.07) is 1.78. The van der Waals surface area contributed by atoms with Crippen molar-refractivity contribution >= 4 is 34.4 Å². The fourth-order valence-corrected chi connectivity index (χ4v) is 4.21. The van der Waals surface area contributed by atoms with Crippen molar-refractivity contribution in [2.24, 2.45) is 11.3 Å². The third kappa shape index (κ3) is 5.18. The Hall–Kier alpha value is -2.74. The van der Waals surface area contributed by atoms with Crippen LogP contribution in [0.2, 0.25) is 5.02 Å². The largest absolute Gasteiger partial charge is 0.367 e. The van der Waals surface area contributed by atoms with Crippen molar-refractivity contribution in [3.63, 3.8) is 0 Å². The summed E-state index contributed by atoms with van der Waals surface area (Å²) in [5, 5.41) is 4.41. The van der Waals surface area contributed by atoms with Gasteiger partial charge in [-0.3, -0.25) is 4.79 Å². The highest BCUT2D eigenvalue weighted by Gasteiger charge is 2.26. The highest BCUT2D eigenvalue weighted by atomic mass is 35.5. The monoisotopic (exact) mass is 458 g/mol. The molecule has 1 amide bonds. The smallest absolute Gasteiger partial charge is 0.223 e. The summed E-state index contributed by atoms with van der Waals surface area (Å²) >= 11 is 6.08. The van der Waals surface area contributed by atoms with E-state index >= 15 is 0 Å². The highest BCUT2D eigenvalue weighted by molar-refractivity contribution is 6.31. The quantitative estimate of drug-likeness (QED) is 0.567. The summed E-state index contributed by atoms with van der Waals surface area (Å²) in [6.45, 7) is 8.21. The van der Waals surface area contributed by atoms with Gasteiger partial charge in [-0.15, -0.1) is 0 Å². The zero-order valence-corrected chi connectivity index (χ0v) is 19.3. The van der Waals surface area contributed by atoms with E-state index in [-0.39, 0.29) is 23.1 Å². The van der Waals surface area contributed by atoms with Crippen LogP contribution in [-0.2, 0) is 4.79 Å². The summed E-state index contributed by atoms with van der Waals surface area (Å²) in [6.07, 6.45) is 6.93. The van der Waals surface area contributed by atoms with Crippen molar-refractivity contribution in [3.05, 3.63) is 35.5 Å². The number of halogens is 2. The van der Waals surface area contributed by atoms with E-state index in [4.69, 9.17) is 11.6 Å². The van der Waals surface area contributed by atoms with Crippen molar-refractivity contribution in [2.45, 2.75) is 40.0 Å². The first-order valence-electron chi connectivity index (χ1n) is 10.9. The molecular formula is C23H28ClFN6O.